The summed E-state index contributed by atoms with van der Waals surface area (Å²) in [7, 11) is 1.60. The van der Waals surface area contributed by atoms with Gasteiger partial charge in [0.15, 0.2) is 11.5 Å². The predicted octanol–water partition coefficient (Wildman–Crippen LogP) is 3.21. The molecule has 1 aliphatic heterocycles. The first-order valence-electron chi connectivity index (χ1n) is 8.09. The molecule has 0 spiro atoms. The Labute approximate surface area is 140 Å². The molecule has 1 fully saturated rings. The first kappa shape index (κ1) is 14.9. The summed E-state index contributed by atoms with van der Waals surface area (Å²) in [5.41, 5.74) is 1.83. The number of rotatable bonds is 4. The zero-order valence-corrected chi connectivity index (χ0v) is 13.5. The van der Waals surface area contributed by atoms with Crippen LogP contribution in [0.4, 0.5) is 5.69 Å². The number of para-hydroxylation sites is 2. The van der Waals surface area contributed by atoms with E-state index in [0.717, 1.165) is 23.5 Å². The van der Waals surface area contributed by atoms with E-state index in [-0.39, 0.29) is 17.7 Å². The van der Waals surface area contributed by atoms with E-state index >= 15 is 0 Å². The molecule has 0 saturated heterocycles. The number of fused-ring (bicyclic) bond motifs is 1. The second-order valence-electron chi connectivity index (χ2n) is 6.04. The van der Waals surface area contributed by atoms with Gasteiger partial charge >= 0.3 is 0 Å². The Bertz CT molecular complexity index is 774. The minimum Gasteiger partial charge on any atom is -0.495 e. The van der Waals surface area contributed by atoms with Gasteiger partial charge in [-0.05, 0) is 42.2 Å². The lowest BCUT2D eigenvalue weighted by atomic mass is 10.1. The number of nitrogens with one attached hydrogen (secondary N) is 1. The van der Waals surface area contributed by atoms with Gasteiger partial charge in [0.25, 0.3) is 0 Å². The number of carbonyl (C=O) groups is 1. The Morgan fingerprint density at radius 3 is 2.75 bits per heavy atom. The van der Waals surface area contributed by atoms with Crippen LogP contribution in [-0.4, -0.2) is 26.2 Å². The highest BCUT2D eigenvalue weighted by Crippen LogP contribution is 2.50. The molecular formula is C19H19NO4. The molecule has 1 amide bonds. The molecule has 2 aliphatic rings. The third kappa shape index (κ3) is 2.77. The molecule has 1 aliphatic carbocycles. The van der Waals surface area contributed by atoms with Gasteiger partial charge in [0, 0.05) is 5.92 Å². The third-order valence-corrected chi connectivity index (χ3v) is 4.49. The fourth-order valence-electron chi connectivity index (χ4n) is 3.12. The lowest BCUT2D eigenvalue weighted by Crippen LogP contribution is -2.16. The predicted molar refractivity (Wildman–Crippen MR) is 89.9 cm³/mol. The van der Waals surface area contributed by atoms with Crippen LogP contribution in [0, 0.1) is 5.92 Å². The van der Waals surface area contributed by atoms with E-state index in [1.807, 2.05) is 42.5 Å². The SMILES string of the molecule is COc1ccccc1NC(=O)C1CC1c1ccc2c(c1)OCCO2. The van der Waals surface area contributed by atoms with Crippen LogP contribution in [0.25, 0.3) is 0 Å². The average molecular weight is 325 g/mol. The molecule has 0 bridgehead atoms. The van der Waals surface area contributed by atoms with E-state index in [1.165, 1.54) is 0 Å². The van der Waals surface area contributed by atoms with Crippen molar-refractivity contribution in [1.82, 2.24) is 0 Å². The Balaban J connectivity index is 1.45. The van der Waals surface area contributed by atoms with E-state index in [4.69, 9.17) is 14.2 Å². The molecule has 5 heteroatoms. The van der Waals surface area contributed by atoms with Crippen molar-refractivity contribution in [3.05, 3.63) is 48.0 Å². The fourth-order valence-corrected chi connectivity index (χ4v) is 3.12. The molecule has 2 atom stereocenters. The molecule has 4 rings (SSSR count). The van der Waals surface area contributed by atoms with Gasteiger partial charge in [-0.3, -0.25) is 4.79 Å². The lowest BCUT2D eigenvalue weighted by Gasteiger charge is -2.18. The van der Waals surface area contributed by atoms with Gasteiger partial charge in [-0.2, -0.15) is 0 Å². The second-order valence-corrected chi connectivity index (χ2v) is 6.04. The van der Waals surface area contributed by atoms with E-state index in [1.54, 1.807) is 7.11 Å². The first-order valence-corrected chi connectivity index (χ1v) is 8.09. The zero-order valence-electron chi connectivity index (χ0n) is 13.5. The summed E-state index contributed by atoms with van der Waals surface area (Å²) in [6.07, 6.45) is 0.848. The van der Waals surface area contributed by atoms with Crippen LogP contribution >= 0.6 is 0 Å². The second kappa shape index (κ2) is 6.07. The van der Waals surface area contributed by atoms with Gasteiger partial charge in [-0.15, -0.1) is 0 Å². The number of amides is 1. The zero-order chi connectivity index (χ0) is 16.5. The number of hydrogen-bond acceptors (Lipinski definition) is 4. The van der Waals surface area contributed by atoms with Crippen molar-refractivity contribution in [3.63, 3.8) is 0 Å². The van der Waals surface area contributed by atoms with Crippen molar-refractivity contribution >= 4 is 11.6 Å². The van der Waals surface area contributed by atoms with Crippen LogP contribution < -0.4 is 19.5 Å². The van der Waals surface area contributed by atoms with Crippen molar-refractivity contribution in [2.24, 2.45) is 5.92 Å². The number of ether oxygens (including phenoxy) is 3. The topological polar surface area (TPSA) is 56.8 Å². The van der Waals surface area contributed by atoms with E-state index in [0.29, 0.717) is 24.7 Å². The highest BCUT2D eigenvalue weighted by Gasteiger charge is 2.44. The van der Waals surface area contributed by atoms with E-state index in [2.05, 4.69) is 5.32 Å². The van der Waals surface area contributed by atoms with Crippen molar-refractivity contribution in [1.29, 1.82) is 0 Å². The van der Waals surface area contributed by atoms with Crippen molar-refractivity contribution < 1.29 is 19.0 Å². The minimum absolute atomic E-state index is 0.0162. The summed E-state index contributed by atoms with van der Waals surface area (Å²) in [6, 6.07) is 13.4. The third-order valence-electron chi connectivity index (χ3n) is 4.49. The highest BCUT2D eigenvalue weighted by atomic mass is 16.6. The Morgan fingerprint density at radius 1 is 1.12 bits per heavy atom. The van der Waals surface area contributed by atoms with Crippen LogP contribution in [0.3, 0.4) is 0 Å². The molecule has 0 aromatic heterocycles. The van der Waals surface area contributed by atoms with Crippen LogP contribution in [0.15, 0.2) is 42.5 Å². The molecular weight excluding hydrogens is 306 g/mol. The summed E-state index contributed by atoms with van der Waals surface area (Å²) in [5.74, 6) is 2.46. The molecule has 1 N–H and O–H groups in total. The Hall–Kier alpha value is -2.69. The maximum Gasteiger partial charge on any atom is 0.228 e. The number of hydrogen-bond donors (Lipinski definition) is 1. The molecule has 124 valence electrons. The molecule has 1 heterocycles. The van der Waals surface area contributed by atoms with Crippen molar-refractivity contribution in [2.45, 2.75) is 12.3 Å². The monoisotopic (exact) mass is 325 g/mol. The molecule has 0 radical (unpaired) electrons. The molecule has 24 heavy (non-hydrogen) atoms. The van der Waals surface area contributed by atoms with Crippen LogP contribution in [-0.2, 0) is 4.79 Å². The first-order chi connectivity index (χ1) is 11.8. The molecule has 5 nitrogen and oxygen atoms in total. The molecule has 1 saturated carbocycles. The number of methoxy groups -OCH3 is 1. The van der Waals surface area contributed by atoms with E-state index < -0.39 is 0 Å². The Kier molecular flexibility index (Phi) is 3.76. The van der Waals surface area contributed by atoms with Crippen LogP contribution in [0.1, 0.15) is 17.9 Å². The quantitative estimate of drug-likeness (QED) is 0.938. The number of carbonyl (C=O) groups excluding carboxylic acids is 1. The summed E-state index contributed by atoms with van der Waals surface area (Å²) < 4.78 is 16.4. The smallest absolute Gasteiger partial charge is 0.228 e. The summed E-state index contributed by atoms with van der Waals surface area (Å²) in [6.45, 7) is 1.15. The van der Waals surface area contributed by atoms with Gasteiger partial charge < -0.3 is 19.5 Å². The summed E-state index contributed by atoms with van der Waals surface area (Å²) in [5, 5.41) is 2.97. The van der Waals surface area contributed by atoms with Crippen LogP contribution in [0.5, 0.6) is 17.2 Å². The van der Waals surface area contributed by atoms with Crippen LogP contribution in [0.2, 0.25) is 0 Å². The van der Waals surface area contributed by atoms with Crippen molar-refractivity contribution in [3.8, 4) is 17.2 Å². The van der Waals surface area contributed by atoms with Gasteiger partial charge in [0.1, 0.15) is 19.0 Å². The molecule has 2 aromatic rings. The summed E-state index contributed by atoms with van der Waals surface area (Å²) in [4.78, 5) is 12.5. The fraction of sp³-hybridized carbons (Fsp3) is 0.316. The largest absolute Gasteiger partial charge is 0.495 e. The molecule has 2 aromatic carbocycles. The van der Waals surface area contributed by atoms with E-state index in [9.17, 15) is 4.79 Å². The maximum atomic E-state index is 12.5. The normalized spacial score (nSPS) is 21.0. The highest BCUT2D eigenvalue weighted by molar-refractivity contribution is 5.96. The lowest BCUT2D eigenvalue weighted by molar-refractivity contribution is -0.117. The number of anilines is 1. The number of benzene rings is 2. The van der Waals surface area contributed by atoms with Gasteiger partial charge in [0.05, 0.1) is 12.8 Å². The molecule has 2 unspecified atom stereocenters. The minimum atomic E-state index is -0.0162. The maximum absolute atomic E-state index is 12.5. The van der Waals surface area contributed by atoms with Gasteiger partial charge in [-0.1, -0.05) is 18.2 Å². The van der Waals surface area contributed by atoms with Gasteiger partial charge in [-0.25, -0.2) is 0 Å². The Morgan fingerprint density at radius 2 is 1.92 bits per heavy atom. The van der Waals surface area contributed by atoms with Crippen molar-refractivity contribution in [2.75, 3.05) is 25.6 Å². The standard InChI is InChI=1S/C19H19NO4/c1-22-16-5-3-2-4-15(16)20-19(21)14-11-13(14)12-6-7-17-18(10-12)24-9-8-23-17/h2-7,10,13-14H,8-9,11H2,1H3,(H,20,21). The van der Waals surface area contributed by atoms with Gasteiger partial charge in [0.2, 0.25) is 5.91 Å². The summed E-state index contributed by atoms with van der Waals surface area (Å²) >= 11 is 0. The average Bonchev–Trinajstić information content (AvgIpc) is 3.43.